The van der Waals surface area contributed by atoms with E-state index in [2.05, 4.69) is 34.1 Å². The van der Waals surface area contributed by atoms with Crippen LogP contribution in [0.5, 0.6) is 0 Å². The number of benzene rings is 1. The van der Waals surface area contributed by atoms with E-state index in [4.69, 9.17) is 0 Å². The Morgan fingerprint density at radius 1 is 0.929 bits per heavy atom. The first-order chi connectivity index (χ1) is 13.7. The third-order valence-corrected chi connectivity index (χ3v) is 7.98. The van der Waals surface area contributed by atoms with Crippen molar-refractivity contribution in [2.45, 2.75) is 69.1 Å². The van der Waals surface area contributed by atoms with Crippen molar-refractivity contribution in [2.75, 3.05) is 26.2 Å². The molecule has 2 amide bonds. The zero-order chi connectivity index (χ0) is 19.1. The summed E-state index contributed by atoms with van der Waals surface area (Å²) in [6, 6.07) is 8.81. The molecule has 150 valence electrons. The summed E-state index contributed by atoms with van der Waals surface area (Å²) in [5, 5.41) is 0. The van der Waals surface area contributed by atoms with Gasteiger partial charge in [0, 0.05) is 38.5 Å². The molecule has 1 spiro atoms. The van der Waals surface area contributed by atoms with Gasteiger partial charge in [0.05, 0.1) is 0 Å². The largest absolute Gasteiger partial charge is 0.343 e. The van der Waals surface area contributed by atoms with Crippen LogP contribution in [-0.2, 0) is 15.0 Å². The standard InChI is InChI=1S/C24H32N2O2/c27-22(25-12-3-4-13-25)16-19-17-24(21-9-2-1-8-20(19)21)10-14-26(15-11-24)23(28)18-6-5-7-18/h1-2,8-9,18-19H,3-7,10-17H2. The first-order valence-electron chi connectivity index (χ1n) is 11.3. The number of hydrogen-bond acceptors (Lipinski definition) is 2. The lowest BCUT2D eigenvalue weighted by Crippen LogP contribution is -2.47. The van der Waals surface area contributed by atoms with Crippen LogP contribution in [0.2, 0.25) is 0 Å². The summed E-state index contributed by atoms with van der Waals surface area (Å²) in [6.45, 7) is 3.65. The van der Waals surface area contributed by atoms with Crippen LogP contribution >= 0.6 is 0 Å². The number of fused-ring (bicyclic) bond motifs is 2. The average Bonchev–Trinajstić information content (AvgIpc) is 3.30. The van der Waals surface area contributed by atoms with Crippen molar-refractivity contribution in [3.63, 3.8) is 0 Å². The second-order valence-electron chi connectivity index (χ2n) is 9.51. The van der Waals surface area contributed by atoms with Gasteiger partial charge < -0.3 is 9.80 Å². The summed E-state index contributed by atoms with van der Waals surface area (Å²) in [5.74, 6) is 1.38. The Labute approximate surface area is 168 Å². The zero-order valence-electron chi connectivity index (χ0n) is 16.9. The van der Waals surface area contributed by atoms with E-state index >= 15 is 0 Å². The van der Waals surface area contributed by atoms with E-state index in [-0.39, 0.29) is 5.41 Å². The highest BCUT2D eigenvalue weighted by molar-refractivity contribution is 5.80. The summed E-state index contributed by atoms with van der Waals surface area (Å²) in [7, 11) is 0. The third-order valence-electron chi connectivity index (χ3n) is 7.98. The highest BCUT2D eigenvalue weighted by atomic mass is 16.2. The van der Waals surface area contributed by atoms with Gasteiger partial charge in [-0.2, -0.15) is 0 Å². The fraction of sp³-hybridized carbons (Fsp3) is 0.667. The van der Waals surface area contributed by atoms with Gasteiger partial charge in [-0.1, -0.05) is 30.7 Å². The Kier molecular flexibility index (Phi) is 4.68. The number of hydrogen-bond donors (Lipinski definition) is 0. The highest BCUT2D eigenvalue weighted by Gasteiger charge is 2.47. The lowest BCUT2D eigenvalue weighted by atomic mass is 9.72. The lowest BCUT2D eigenvalue weighted by molar-refractivity contribution is -0.139. The summed E-state index contributed by atoms with van der Waals surface area (Å²) in [6.07, 6.45) is 9.54. The maximum Gasteiger partial charge on any atom is 0.225 e. The second kappa shape index (κ2) is 7.20. The maximum absolute atomic E-state index is 12.8. The van der Waals surface area contributed by atoms with Crippen LogP contribution in [0.1, 0.15) is 74.8 Å². The van der Waals surface area contributed by atoms with Crippen molar-refractivity contribution in [1.29, 1.82) is 0 Å². The number of rotatable bonds is 3. The molecule has 0 radical (unpaired) electrons. The number of nitrogens with zero attached hydrogens (tertiary/aromatic N) is 2. The molecule has 3 fully saturated rings. The summed E-state index contributed by atoms with van der Waals surface area (Å²) >= 11 is 0. The van der Waals surface area contributed by atoms with Crippen molar-refractivity contribution in [3.05, 3.63) is 35.4 Å². The van der Waals surface area contributed by atoms with Gasteiger partial charge in [0.25, 0.3) is 0 Å². The average molecular weight is 381 g/mol. The Morgan fingerprint density at radius 2 is 1.64 bits per heavy atom. The van der Waals surface area contributed by atoms with Gasteiger partial charge in [-0.25, -0.2) is 0 Å². The number of piperidine rings is 1. The molecule has 4 nitrogen and oxygen atoms in total. The zero-order valence-corrected chi connectivity index (χ0v) is 16.9. The molecule has 4 heteroatoms. The molecule has 2 heterocycles. The first-order valence-corrected chi connectivity index (χ1v) is 11.3. The van der Waals surface area contributed by atoms with Gasteiger partial charge in [0.1, 0.15) is 0 Å². The van der Waals surface area contributed by atoms with Crippen LogP contribution in [0.15, 0.2) is 24.3 Å². The molecular weight excluding hydrogens is 348 g/mol. The molecule has 0 N–H and O–H groups in total. The van der Waals surface area contributed by atoms with Crippen LogP contribution in [0.3, 0.4) is 0 Å². The van der Waals surface area contributed by atoms with E-state index in [0.29, 0.717) is 30.1 Å². The van der Waals surface area contributed by atoms with Gasteiger partial charge in [0.2, 0.25) is 11.8 Å². The molecule has 0 bridgehead atoms. The van der Waals surface area contributed by atoms with Crippen LogP contribution in [0, 0.1) is 5.92 Å². The smallest absolute Gasteiger partial charge is 0.225 e. The minimum absolute atomic E-state index is 0.170. The Bertz CT molecular complexity index is 756. The quantitative estimate of drug-likeness (QED) is 0.799. The Hall–Kier alpha value is -1.84. The summed E-state index contributed by atoms with van der Waals surface area (Å²) < 4.78 is 0. The lowest BCUT2D eigenvalue weighted by Gasteiger charge is -2.42. The minimum atomic E-state index is 0.170. The molecule has 5 rings (SSSR count). The van der Waals surface area contributed by atoms with Crippen LogP contribution in [0.4, 0.5) is 0 Å². The second-order valence-corrected chi connectivity index (χ2v) is 9.51. The number of likely N-dealkylation sites (tertiary alicyclic amines) is 2. The van der Waals surface area contributed by atoms with Crippen molar-refractivity contribution in [2.24, 2.45) is 5.92 Å². The molecular formula is C24H32N2O2. The van der Waals surface area contributed by atoms with Crippen molar-refractivity contribution >= 4 is 11.8 Å². The van der Waals surface area contributed by atoms with Crippen LogP contribution < -0.4 is 0 Å². The Morgan fingerprint density at radius 3 is 2.32 bits per heavy atom. The van der Waals surface area contributed by atoms with E-state index in [1.54, 1.807) is 0 Å². The normalized spacial score (nSPS) is 26.4. The van der Waals surface area contributed by atoms with E-state index < -0.39 is 0 Å². The van der Waals surface area contributed by atoms with Crippen molar-refractivity contribution in [3.8, 4) is 0 Å². The fourth-order valence-corrected chi connectivity index (χ4v) is 6.06. The van der Waals surface area contributed by atoms with Gasteiger partial charge in [-0.3, -0.25) is 9.59 Å². The van der Waals surface area contributed by atoms with Crippen molar-refractivity contribution in [1.82, 2.24) is 9.80 Å². The van der Waals surface area contributed by atoms with E-state index in [0.717, 1.165) is 71.1 Å². The van der Waals surface area contributed by atoms with Gasteiger partial charge >= 0.3 is 0 Å². The topological polar surface area (TPSA) is 40.6 Å². The molecule has 1 aromatic rings. The number of amides is 2. The first kappa shape index (κ1) is 18.2. The Balaban J connectivity index is 1.30. The molecule has 2 aliphatic heterocycles. The molecule has 2 saturated heterocycles. The number of carbonyl (C=O) groups excluding carboxylic acids is 2. The van der Waals surface area contributed by atoms with E-state index in [1.807, 2.05) is 0 Å². The van der Waals surface area contributed by atoms with Gasteiger partial charge in [0.15, 0.2) is 0 Å². The minimum Gasteiger partial charge on any atom is -0.343 e. The monoisotopic (exact) mass is 380 g/mol. The fourth-order valence-electron chi connectivity index (χ4n) is 6.06. The molecule has 4 aliphatic rings. The maximum atomic E-state index is 12.8. The predicted octanol–water partition coefficient (Wildman–Crippen LogP) is 3.85. The predicted molar refractivity (Wildman–Crippen MR) is 109 cm³/mol. The molecule has 2 aliphatic carbocycles. The molecule has 0 aromatic heterocycles. The van der Waals surface area contributed by atoms with E-state index in [1.165, 1.54) is 17.5 Å². The third kappa shape index (κ3) is 3.05. The summed E-state index contributed by atoms with van der Waals surface area (Å²) in [5.41, 5.74) is 3.03. The molecule has 28 heavy (non-hydrogen) atoms. The SMILES string of the molecule is O=C(CC1CC2(CCN(C(=O)C3CCC3)CC2)c2ccccc21)N1CCCC1. The van der Waals surface area contributed by atoms with Gasteiger partial charge in [-0.15, -0.1) is 0 Å². The summed E-state index contributed by atoms with van der Waals surface area (Å²) in [4.78, 5) is 29.7. The van der Waals surface area contributed by atoms with Crippen molar-refractivity contribution < 1.29 is 9.59 Å². The molecule has 1 aromatic carbocycles. The molecule has 1 saturated carbocycles. The van der Waals surface area contributed by atoms with Crippen LogP contribution in [-0.4, -0.2) is 47.8 Å². The van der Waals surface area contributed by atoms with Gasteiger partial charge in [-0.05, 0) is 67.4 Å². The van der Waals surface area contributed by atoms with Crippen LogP contribution in [0.25, 0.3) is 0 Å². The molecule has 1 unspecified atom stereocenters. The number of carbonyl (C=O) groups is 2. The molecule has 1 atom stereocenters. The van der Waals surface area contributed by atoms with E-state index in [9.17, 15) is 9.59 Å². The highest BCUT2D eigenvalue weighted by Crippen LogP contribution is 2.53.